The van der Waals surface area contributed by atoms with Gasteiger partial charge < -0.3 is 5.73 Å². The molecular weight excluding hydrogens is 240 g/mol. The average Bonchev–Trinajstić information content (AvgIpc) is 2.63. The van der Waals surface area contributed by atoms with Gasteiger partial charge in [-0.05, 0) is 32.4 Å². The van der Waals surface area contributed by atoms with E-state index in [1.54, 1.807) is 6.07 Å². The summed E-state index contributed by atoms with van der Waals surface area (Å²) in [5.74, 6) is 0.365. The van der Waals surface area contributed by atoms with E-state index < -0.39 is 0 Å². The molecule has 1 aromatic rings. The van der Waals surface area contributed by atoms with Crippen LogP contribution in [0.25, 0.3) is 0 Å². The molecule has 6 heteroatoms. The van der Waals surface area contributed by atoms with Gasteiger partial charge in [-0.1, -0.05) is 11.6 Å². The molecule has 17 heavy (non-hydrogen) atoms. The smallest absolute Gasteiger partial charge is 0.234 e. The van der Waals surface area contributed by atoms with Gasteiger partial charge in [-0.15, -0.1) is 0 Å². The lowest BCUT2D eigenvalue weighted by Crippen LogP contribution is -2.40. The maximum atomic E-state index is 11.2. The summed E-state index contributed by atoms with van der Waals surface area (Å²) in [4.78, 5) is 21.7. The van der Waals surface area contributed by atoms with Gasteiger partial charge in [0, 0.05) is 5.69 Å². The van der Waals surface area contributed by atoms with Gasteiger partial charge in [-0.3, -0.25) is 9.69 Å². The Labute approximate surface area is 105 Å². The van der Waals surface area contributed by atoms with E-state index >= 15 is 0 Å². The zero-order valence-corrected chi connectivity index (χ0v) is 10.4. The Kier molecular flexibility index (Phi) is 3.59. The predicted octanol–water partition coefficient (Wildman–Crippen LogP) is 0.888. The number of halogens is 1. The Morgan fingerprint density at radius 3 is 3.06 bits per heavy atom. The summed E-state index contributed by atoms with van der Waals surface area (Å²) in [6.07, 6.45) is 1.79. The van der Waals surface area contributed by atoms with Gasteiger partial charge >= 0.3 is 0 Å². The summed E-state index contributed by atoms with van der Waals surface area (Å²) in [5, 5.41) is 0.433. The third-order valence-electron chi connectivity index (χ3n) is 2.91. The van der Waals surface area contributed by atoms with E-state index in [4.69, 9.17) is 17.3 Å². The molecule has 92 valence electrons. The van der Waals surface area contributed by atoms with Crippen molar-refractivity contribution < 1.29 is 4.79 Å². The molecular formula is C11H15ClN4O. The molecule has 1 aliphatic heterocycles. The molecule has 1 aliphatic rings. The highest BCUT2D eigenvalue weighted by Gasteiger charge is 2.29. The fraction of sp³-hybridized carbons (Fsp3) is 0.545. The Hall–Kier alpha value is -1.20. The van der Waals surface area contributed by atoms with Crippen LogP contribution in [0, 0.1) is 6.92 Å². The molecule has 0 saturated carbocycles. The number of carbonyl (C=O) groups is 1. The topological polar surface area (TPSA) is 72.1 Å². The predicted molar refractivity (Wildman–Crippen MR) is 64.4 cm³/mol. The van der Waals surface area contributed by atoms with Crippen LogP contribution in [0.1, 0.15) is 24.4 Å². The number of nitrogens with zero attached hydrogens (tertiary/aromatic N) is 3. The standard InChI is InChI=1S/C11H15ClN4O/c1-7-5-9(12)15-10(14-7)6-16-4-2-3-8(16)11(13)17/h5,8H,2-4,6H2,1H3,(H2,13,17). The van der Waals surface area contributed by atoms with Crippen molar-refractivity contribution in [2.75, 3.05) is 6.54 Å². The lowest BCUT2D eigenvalue weighted by Gasteiger charge is -2.20. The maximum absolute atomic E-state index is 11.2. The zero-order chi connectivity index (χ0) is 12.4. The summed E-state index contributed by atoms with van der Waals surface area (Å²) in [6.45, 7) is 3.24. The minimum atomic E-state index is -0.277. The van der Waals surface area contributed by atoms with Gasteiger partial charge in [0.2, 0.25) is 5.91 Å². The van der Waals surface area contributed by atoms with Gasteiger partial charge in [0.05, 0.1) is 12.6 Å². The van der Waals surface area contributed by atoms with Crippen LogP contribution in [0.15, 0.2) is 6.07 Å². The summed E-state index contributed by atoms with van der Waals surface area (Å²) in [7, 11) is 0. The number of amides is 1. The van der Waals surface area contributed by atoms with Crippen molar-refractivity contribution in [1.29, 1.82) is 0 Å². The van der Waals surface area contributed by atoms with Crippen LogP contribution in [-0.4, -0.2) is 33.4 Å². The molecule has 1 saturated heterocycles. The van der Waals surface area contributed by atoms with Crippen molar-refractivity contribution in [3.8, 4) is 0 Å². The second-order valence-electron chi connectivity index (χ2n) is 4.28. The third-order valence-corrected chi connectivity index (χ3v) is 3.10. The Morgan fingerprint density at radius 2 is 2.41 bits per heavy atom. The number of nitrogens with two attached hydrogens (primary N) is 1. The molecule has 2 N–H and O–H groups in total. The van der Waals surface area contributed by atoms with E-state index in [9.17, 15) is 4.79 Å². The molecule has 0 radical (unpaired) electrons. The highest BCUT2D eigenvalue weighted by Crippen LogP contribution is 2.19. The normalized spacial score (nSPS) is 20.7. The molecule has 1 aromatic heterocycles. The Balaban J connectivity index is 2.12. The Morgan fingerprint density at radius 1 is 1.65 bits per heavy atom. The van der Waals surface area contributed by atoms with Crippen LogP contribution in [0.3, 0.4) is 0 Å². The lowest BCUT2D eigenvalue weighted by molar-refractivity contribution is -0.122. The van der Waals surface area contributed by atoms with Crippen molar-refractivity contribution in [1.82, 2.24) is 14.9 Å². The maximum Gasteiger partial charge on any atom is 0.234 e. The number of aromatic nitrogens is 2. The third kappa shape index (κ3) is 2.92. The first kappa shape index (κ1) is 12.3. The fourth-order valence-electron chi connectivity index (χ4n) is 2.18. The van der Waals surface area contributed by atoms with Crippen molar-refractivity contribution >= 4 is 17.5 Å². The summed E-state index contributed by atoms with van der Waals surface area (Å²) < 4.78 is 0. The van der Waals surface area contributed by atoms with Crippen molar-refractivity contribution in [2.24, 2.45) is 5.73 Å². The number of aryl methyl sites for hydroxylation is 1. The van der Waals surface area contributed by atoms with Crippen LogP contribution in [0.5, 0.6) is 0 Å². The number of primary amides is 1. The van der Waals surface area contributed by atoms with Gasteiger partial charge in [0.15, 0.2) is 0 Å². The van der Waals surface area contributed by atoms with Gasteiger partial charge in [-0.25, -0.2) is 9.97 Å². The van der Waals surface area contributed by atoms with Crippen molar-refractivity contribution in [3.05, 3.63) is 22.7 Å². The molecule has 0 aromatic carbocycles. The van der Waals surface area contributed by atoms with Crippen LogP contribution in [0.2, 0.25) is 5.15 Å². The minimum Gasteiger partial charge on any atom is -0.368 e. The zero-order valence-electron chi connectivity index (χ0n) is 9.69. The van der Waals surface area contributed by atoms with Crippen molar-refractivity contribution in [3.63, 3.8) is 0 Å². The first-order valence-corrected chi connectivity index (χ1v) is 5.97. The Bertz CT molecular complexity index is 417. The number of rotatable bonds is 3. The second-order valence-corrected chi connectivity index (χ2v) is 4.67. The van der Waals surface area contributed by atoms with Gasteiger partial charge in [0.1, 0.15) is 11.0 Å². The van der Waals surface area contributed by atoms with Crippen molar-refractivity contribution in [2.45, 2.75) is 32.4 Å². The molecule has 1 atom stereocenters. The molecule has 5 nitrogen and oxygen atoms in total. The fourth-order valence-corrected chi connectivity index (χ4v) is 2.43. The minimum absolute atomic E-state index is 0.196. The van der Waals surface area contributed by atoms with E-state index in [2.05, 4.69) is 9.97 Å². The first-order valence-electron chi connectivity index (χ1n) is 5.59. The van der Waals surface area contributed by atoms with E-state index in [0.717, 1.165) is 25.1 Å². The summed E-state index contributed by atoms with van der Waals surface area (Å²) in [5.41, 5.74) is 6.18. The number of carbonyl (C=O) groups excluding carboxylic acids is 1. The van der Waals surface area contributed by atoms with Crippen LogP contribution < -0.4 is 5.73 Å². The summed E-state index contributed by atoms with van der Waals surface area (Å²) in [6, 6.07) is 1.51. The highest BCUT2D eigenvalue weighted by molar-refractivity contribution is 6.29. The molecule has 1 fully saturated rings. The largest absolute Gasteiger partial charge is 0.368 e. The number of likely N-dealkylation sites (tertiary alicyclic amines) is 1. The molecule has 0 spiro atoms. The average molecular weight is 255 g/mol. The van der Waals surface area contributed by atoms with E-state index in [1.807, 2.05) is 11.8 Å². The van der Waals surface area contributed by atoms with Crippen LogP contribution in [0.4, 0.5) is 0 Å². The molecule has 0 bridgehead atoms. The second kappa shape index (κ2) is 4.98. The molecule has 1 unspecified atom stereocenters. The van der Waals surface area contributed by atoms with E-state index in [0.29, 0.717) is 17.5 Å². The molecule has 1 amide bonds. The number of hydrogen-bond donors (Lipinski definition) is 1. The number of hydrogen-bond acceptors (Lipinski definition) is 4. The summed E-state index contributed by atoms with van der Waals surface area (Å²) >= 11 is 5.87. The SMILES string of the molecule is Cc1cc(Cl)nc(CN2CCCC2C(N)=O)n1. The van der Waals surface area contributed by atoms with E-state index in [1.165, 1.54) is 0 Å². The molecule has 0 aliphatic carbocycles. The van der Waals surface area contributed by atoms with Gasteiger partial charge in [-0.2, -0.15) is 0 Å². The highest BCUT2D eigenvalue weighted by atomic mass is 35.5. The molecule has 2 rings (SSSR count). The van der Waals surface area contributed by atoms with Gasteiger partial charge in [0.25, 0.3) is 0 Å². The molecule has 2 heterocycles. The lowest BCUT2D eigenvalue weighted by atomic mass is 10.2. The first-order chi connectivity index (χ1) is 8.06. The monoisotopic (exact) mass is 254 g/mol. The van der Waals surface area contributed by atoms with Crippen LogP contribution >= 0.6 is 11.6 Å². The van der Waals surface area contributed by atoms with Crippen LogP contribution in [-0.2, 0) is 11.3 Å². The quantitative estimate of drug-likeness (QED) is 0.813. The van der Waals surface area contributed by atoms with E-state index in [-0.39, 0.29) is 11.9 Å².